The van der Waals surface area contributed by atoms with E-state index in [1.165, 1.54) is 0 Å². The highest BCUT2D eigenvalue weighted by Crippen LogP contribution is 2.15. The molecular formula is C14H18N4O. The van der Waals surface area contributed by atoms with E-state index in [0.717, 1.165) is 31.6 Å². The highest BCUT2D eigenvalue weighted by molar-refractivity contribution is 5.84. The fourth-order valence-corrected chi connectivity index (χ4v) is 2.24. The first-order chi connectivity index (χ1) is 9.11. The van der Waals surface area contributed by atoms with Gasteiger partial charge in [0.1, 0.15) is 17.9 Å². The van der Waals surface area contributed by atoms with Crippen LogP contribution in [0.5, 0.6) is 0 Å². The Balaban J connectivity index is 2.10. The number of likely N-dealkylation sites (tertiary alicyclic amines) is 1. The molecule has 19 heavy (non-hydrogen) atoms. The molecule has 1 unspecified atom stereocenters. The fourth-order valence-electron chi connectivity index (χ4n) is 2.24. The molecule has 5 nitrogen and oxygen atoms in total. The van der Waals surface area contributed by atoms with Crippen LogP contribution in [0.1, 0.15) is 31.0 Å². The van der Waals surface area contributed by atoms with Crippen LogP contribution < -0.4 is 5.32 Å². The van der Waals surface area contributed by atoms with Crippen LogP contribution in [0.3, 0.4) is 0 Å². The van der Waals surface area contributed by atoms with Crippen molar-refractivity contribution in [3.8, 4) is 6.07 Å². The van der Waals surface area contributed by atoms with Crippen molar-refractivity contribution in [3.63, 3.8) is 0 Å². The number of aromatic nitrogens is 1. The minimum Gasteiger partial charge on any atom is -0.358 e. The number of hydrogen-bond donors (Lipinski definition) is 1. The van der Waals surface area contributed by atoms with Gasteiger partial charge in [0.15, 0.2) is 0 Å². The number of nitrogens with one attached hydrogen (secondary N) is 1. The SMILES string of the molecule is Cc1ccc(C#N)c(NC(C)C(=O)N2CCCC2)n1. The molecule has 1 aliphatic rings. The zero-order chi connectivity index (χ0) is 13.8. The molecule has 0 bridgehead atoms. The average molecular weight is 258 g/mol. The molecular weight excluding hydrogens is 240 g/mol. The highest BCUT2D eigenvalue weighted by atomic mass is 16.2. The maximum absolute atomic E-state index is 12.2. The van der Waals surface area contributed by atoms with Crippen molar-refractivity contribution in [2.24, 2.45) is 0 Å². The summed E-state index contributed by atoms with van der Waals surface area (Å²) in [6.45, 7) is 5.33. The number of aryl methyl sites for hydroxylation is 1. The molecule has 100 valence electrons. The molecule has 1 saturated heterocycles. The van der Waals surface area contributed by atoms with Crippen molar-refractivity contribution < 1.29 is 4.79 Å². The van der Waals surface area contributed by atoms with Crippen LogP contribution in [-0.2, 0) is 4.79 Å². The van der Waals surface area contributed by atoms with Gasteiger partial charge in [-0.2, -0.15) is 5.26 Å². The van der Waals surface area contributed by atoms with E-state index < -0.39 is 0 Å². The molecule has 0 spiro atoms. The molecule has 0 saturated carbocycles. The van der Waals surface area contributed by atoms with Crippen molar-refractivity contribution in [2.45, 2.75) is 32.7 Å². The van der Waals surface area contributed by atoms with E-state index in [1.807, 2.05) is 18.7 Å². The van der Waals surface area contributed by atoms with Gasteiger partial charge in [-0.15, -0.1) is 0 Å². The van der Waals surface area contributed by atoms with Crippen LogP contribution in [0, 0.1) is 18.3 Å². The molecule has 1 N–H and O–H groups in total. The summed E-state index contributed by atoms with van der Waals surface area (Å²) in [4.78, 5) is 18.3. The van der Waals surface area contributed by atoms with Gasteiger partial charge < -0.3 is 10.2 Å². The van der Waals surface area contributed by atoms with Gasteiger partial charge in [0.25, 0.3) is 0 Å². The zero-order valence-electron chi connectivity index (χ0n) is 11.3. The Morgan fingerprint density at radius 2 is 2.16 bits per heavy atom. The molecule has 1 atom stereocenters. The molecule has 1 amide bonds. The van der Waals surface area contributed by atoms with Gasteiger partial charge >= 0.3 is 0 Å². The molecule has 1 fully saturated rings. The summed E-state index contributed by atoms with van der Waals surface area (Å²) in [7, 11) is 0. The highest BCUT2D eigenvalue weighted by Gasteiger charge is 2.23. The molecule has 1 aromatic rings. The zero-order valence-corrected chi connectivity index (χ0v) is 11.3. The first-order valence-electron chi connectivity index (χ1n) is 6.55. The van der Waals surface area contributed by atoms with Gasteiger partial charge in [-0.05, 0) is 38.8 Å². The van der Waals surface area contributed by atoms with Gasteiger partial charge in [-0.3, -0.25) is 4.79 Å². The molecule has 0 aromatic carbocycles. The third-order valence-corrected chi connectivity index (χ3v) is 3.30. The molecule has 1 aliphatic heterocycles. The van der Waals surface area contributed by atoms with E-state index in [0.29, 0.717) is 11.4 Å². The molecule has 1 aromatic heterocycles. The molecule has 2 heterocycles. The largest absolute Gasteiger partial charge is 0.358 e. The summed E-state index contributed by atoms with van der Waals surface area (Å²) >= 11 is 0. The maximum atomic E-state index is 12.2. The van der Waals surface area contributed by atoms with Crippen molar-refractivity contribution in [1.82, 2.24) is 9.88 Å². The number of anilines is 1. The van der Waals surface area contributed by atoms with E-state index in [2.05, 4.69) is 16.4 Å². The van der Waals surface area contributed by atoms with E-state index in [9.17, 15) is 4.79 Å². The molecule has 2 rings (SSSR count). The Labute approximate surface area is 113 Å². The average Bonchev–Trinajstić information content (AvgIpc) is 2.92. The number of pyridine rings is 1. The Kier molecular flexibility index (Phi) is 4.00. The van der Waals surface area contributed by atoms with Crippen molar-refractivity contribution >= 4 is 11.7 Å². The maximum Gasteiger partial charge on any atom is 0.244 e. The predicted octanol–water partition coefficient (Wildman–Crippen LogP) is 1.68. The van der Waals surface area contributed by atoms with Crippen LogP contribution >= 0.6 is 0 Å². The Morgan fingerprint density at radius 1 is 1.47 bits per heavy atom. The van der Waals surface area contributed by atoms with Gasteiger partial charge in [0, 0.05) is 18.8 Å². The molecule has 5 heteroatoms. The number of carbonyl (C=O) groups excluding carboxylic acids is 1. The lowest BCUT2D eigenvalue weighted by molar-refractivity contribution is -0.130. The second-order valence-electron chi connectivity index (χ2n) is 4.86. The minimum absolute atomic E-state index is 0.0738. The third kappa shape index (κ3) is 3.02. The lowest BCUT2D eigenvalue weighted by Gasteiger charge is -2.21. The summed E-state index contributed by atoms with van der Waals surface area (Å²) in [5.41, 5.74) is 1.29. The number of rotatable bonds is 3. The Morgan fingerprint density at radius 3 is 2.79 bits per heavy atom. The first kappa shape index (κ1) is 13.3. The van der Waals surface area contributed by atoms with Crippen LogP contribution in [0.25, 0.3) is 0 Å². The summed E-state index contributed by atoms with van der Waals surface area (Å²) in [5.74, 6) is 0.562. The fraction of sp³-hybridized carbons (Fsp3) is 0.500. The normalized spacial score (nSPS) is 15.9. The smallest absolute Gasteiger partial charge is 0.244 e. The molecule has 0 radical (unpaired) electrons. The second-order valence-corrected chi connectivity index (χ2v) is 4.86. The summed E-state index contributed by atoms with van der Waals surface area (Å²) in [6, 6.07) is 5.23. The lowest BCUT2D eigenvalue weighted by Crippen LogP contribution is -2.40. The summed E-state index contributed by atoms with van der Waals surface area (Å²) < 4.78 is 0. The number of carbonyl (C=O) groups is 1. The second kappa shape index (κ2) is 5.70. The quantitative estimate of drug-likeness (QED) is 0.895. The van der Waals surface area contributed by atoms with E-state index in [1.54, 1.807) is 12.1 Å². The van der Waals surface area contributed by atoms with Gasteiger partial charge in [-0.25, -0.2) is 4.98 Å². The number of nitrogens with zero attached hydrogens (tertiary/aromatic N) is 3. The van der Waals surface area contributed by atoms with Crippen molar-refractivity contribution in [3.05, 3.63) is 23.4 Å². The van der Waals surface area contributed by atoms with Gasteiger partial charge in [0.2, 0.25) is 5.91 Å². The van der Waals surface area contributed by atoms with E-state index in [4.69, 9.17) is 5.26 Å². The lowest BCUT2D eigenvalue weighted by atomic mass is 10.2. The van der Waals surface area contributed by atoms with Crippen molar-refractivity contribution in [2.75, 3.05) is 18.4 Å². The summed E-state index contributed by atoms with van der Waals surface area (Å²) in [6.07, 6.45) is 2.15. The van der Waals surface area contributed by atoms with E-state index >= 15 is 0 Å². The van der Waals surface area contributed by atoms with Crippen LogP contribution in [0.4, 0.5) is 5.82 Å². The number of hydrogen-bond acceptors (Lipinski definition) is 4. The third-order valence-electron chi connectivity index (χ3n) is 3.30. The van der Waals surface area contributed by atoms with Crippen LogP contribution in [0.15, 0.2) is 12.1 Å². The van der Waals surface area contributed by atoms with Crippen LogP contribution in [0.2, 0.25) is 0 Å². The summed E-state index contributed by atoms with van der Waals surface area (Å²) in [5, 5.41) is 12.1. The topological polar surface area (TPSA) is 69.0 Å². The standard InChI is InChI=1S/C14H18N4O/c1-10-5-6-12(9-15)13(16-10)17-11(2)14(19)18-7-3-4-8-18/h5-6,11H,3-4,7-8H2,1-2H3,(H,16,17). The van der Waals surface area contributed by atoms with Crippen LogP contribution in [-0.4, -0.2) is 34.9 Å². The Bertz CT molecular complexity index is 515. The number of nitriles is 1. The minimum atomic E-state index is -0.362. The van der Waals surface area contributed by atoms with E-state index in [-0.39, 0.29) is 11.9 Å². The van der Waals surface area contributed by atoms with Gasteiger partial charge in [0.05, 0.1) is 5.56 Å². The van der Waals surface area contributed by atoms with Crippen molar-refractivity contribution in [1.29, 1.82) is 5.26 Å². The predicted molar refractivity (Wildman–Crippen MR) is 72.6 cm³/mol. The number of amides is 1. The monoisotopic (exact) mass is 258 g/mol. The first-order valence-corrected chi connectivity index (χ1v) is 6.55. The van der Waals surface area contributed by atoms with Gasteiger partial charge in [-0.1, -0.05) is 0 Å². The Hall–Kier alpha value is -2.09. The molecule has 0 aliphatic carbocycles.